The van der Waals surface area contributed by atoms with Gasteiger partial charge in [-0.2, -0.15) is 5.26 Å². The van der Waals surface area contributed by atoms with Gasteiger partial charge in [-0.3, -0.25) is 4.79 Å². The summed E-state index contributed by atoms with van der Waals surface area (Å²) in [6, 6.07) is 19.7. The summed E-state index contributed by atoms with van der Waals surface area (Å²) in [4.78, 5) is 19.0. The highest BCUT2D eigenvalue weighted by Crippen LogP contribution is 2.33. The maximum atomic E-state index is 13.2. The highest BCUT2D eigenvalue weighted by atomic mass is 32.1. The van der Waals surface area contributed by atoms with E-state index >= 15 is 0 Å². The smallest absolute Gasteiger partial charge is 0.257 e. The SMILES string of the molecule is Cc1ccc(-c2cc(C(=O)Nc3sc(C)c(C)c3C#N)c3ccccc3n2)cc1. The van der Waals surface area contributed by atoms with Crippen molar-refractivity contribution in [1.82, 2.24) is 4.98 Å². The highest BCUT2D eigenvalue weighted by Gasteiger charge is 2.18. The standard InChI is InChI=1S/C24H19N3OS/c1-14-8-10-17(11-9-14)22-12-19(18-6-4-5-7-21(18)26-22)23(28)27-24-20(13-25)15(2)16(3)29-24/h4-12H,1-3H3,(H,27,28). The van der Waals surface area contributed by atoms with Gasteiger partial charge in [0.2, 0.25) is 0 Å². The van der Waals surface area contributed by atoms with Crippen molar-refractivity contribution in [3.05, 3.63) is 81.7 Å². The van der Waals surface area contributed by atoms with Crippen molar-refractivity contribution in [2.75, 3.05) is 5.32 Å². The number of hydrogen-bond donors (Lipinski definition) is 1. The Labute approximate surface area is 173 Å². The normalized spacial score (nSPS) is 10.7. The van der Waals surface area contributed by atoms with Crippen LogP contribution < -0.4 is 5.32 Å². The minimum atomic E-state index is -0.241. The van der Waals surface area contributed by atoms with Crippen LogP contribution in [0.3, 0.4) is 0 Å². The molecule has 1 N–H and O–H groups in total. The predicted octanol–water partition coefficient (Wildman–Crippen LogP) is 6.01. The van der Waals surface area contributed by atoms with Crippen LogP contribution in [0.4, 0.5) is 5.00 Å². The van der Waals surface area contributed by atoms with Crippen molar-refractivity contribution in [2.24, 2.45) is 0 Å². The van der Waals surface area contributed by atoms with Crippen LogP contribution in [0.5, 0.6) is 0 Å². The third-order valence-corrected chi connectivity index (χ3v) is 6.15. The predicted molar refractivity (Wildman–Crippen MR) is 118 cm³/mol. The molecule has 0 spiro atoms. The number of para-hydroxylation sites is 1. The van der Waals surface area contributed by atoms with Crippen LogP contribution in [-0.2, 0) is 0 Å². The van der Waals surface area contributed by atoms with Gasteiger partial charge in [0.25, 0.3) is 5.91 Å². The number of carbonyl (C=O) groups is 1. The van der Waals surface area contributed by atoms with Crippen LogP contribution in [0.25, 0.3) is 22.2 Å². The summed E-state index contributed by atoms with van der Waals surface area (Å²) in [6.07, 6.45) is 0. The second-order valence-electron chi connectivity index (χ2n) is 6.99. The zero-order valence-corrected chi connectivity index (χ0v) is 17.2. The first-order valence-electron chi connectivity index (χ1n) is 9.26. The van der Waals surface area contributed by atoms with E-state index in [1.807, 2.05) is 75.4 Å². The first-order chi connectivity index (χ1) is 14.0. The highest BCUT2D eigenvalue weighted by molar-refractivity contribution is 7.16. The number of nitrogens with one attached hydrogen (secondary N) is 1. The Morgan fingerprint density at radius 1 is 1.07 bits per heavy atom. The van der Waals surface area contributed by atoms with Crippen molar-refractivity contribution in [3.8, 4) is 17.3 Å². The van der Waals surface area contributed by atoms with E-state index in [0.717, 1.165) is 32.6 Å². The van der Waals surface area contributed by atoms with E-state index < -0.39 is 0 Å². The summed E-state index contributed by atoms with van der Waals surface area (Å²) in [5, 5.41) is 13.8. The number of aromatic nitrogens is 1. The number of nitrogens with zero attached hydrogens (tertiary/aromatic N) is 2. The molecule has 1 amide bonds. The molecular weight excluding hydrogens is 378 g/mol. The number of pyridine rings is 1. The maximum Gasteiger partial charge on any atom is 0.257 e. The van der Waals surface area contributed by atoms with Gasteiger partial charge in [-0.05, 0) is 38.5 Å². The van der Waals surface area contributed by atoms with Gasteiger partial charge in [-0.15, -0.1) is 11.3 Å². The number of amides is 1. The van der Waals surface area contributed by atoms with E-state index in [4.69, 9.17) is 4.98 Å². The summed E-state index contributed by atoms with van der Waals surface area (Å²) in [7, 11) is 0. The topological polar surface area (TPSA) is 65.8 Å². The monoisotopic (exact) mass is 397 g/mol. The lowest BCUT2D eigenvalue weighted by Gasteiger charge is -2.10. The molecule has 4 aromatic rings. The fourth-order valence-corrected chi connectivity index (χ4v) is 4.26. The molecule has 0 atom stereocenters. The quantitative estimate of drug-likeness (QED) is 0.460. The van der Waals surface area contributed by atoms with Crippen LogP contribution in [0, 0.1) is 32.1 Å². The van der Waals surface area contributed by atoms with Crippen LogP contribution >= 0.6 is 11.3 Å². The molecule has 5 heteroatoms. The molecule has 2 heterocycles. The molecule has 0 radical (unpaired) electrons. The molecule has 0 fully saturated rings. The van der Waals surface area contributed by atoms with Gasteiger partial charge in [-0.1, -0.05) is 48.0 Å². The van der Waals surface area contributed by atoms with E-state index in [1.54, 1.807) is 0 Å². The van der Waals surface area contributed by atoms with Gasteiger partial charge in [-0.25, -0.2) is 4.98 Å². The van der Waals surface area contributed by atoms with E-state index in [0.29, 0.717) is 16.1 Å². The number of rotatable bonds is 3. The number of hydrogen-bond acceptors (Lipinski definition) is 4. The molecule has 4 rings (SSSR count). The maximum absolute atomic E-state index is 13.2. The molecule has 4 nitrogen and oxygen atoms in total. The number of anilines is 1. The van der Waals surface area contributed by atoms with E-state index in [1.165, 1.54) is 16.9 Å². The average Bonchev–Trinajstić information content (AvgIpc) is 3.00. The van der Waals surface area contributed by atoms with Crippen molar-refractivity contribution < 1.29 is 4.79 Å². The van der Waals surface area contributed by atoms with Crippen LogP contribution in [0.2, 0.25) is 0 Å². The summed E-state index contributed by atoms with van der Waals surface area (Å²) in [5.74, 6) is -0.241. The fourth-order valence-electron chi connectivity index (χ4n) is 3.26. The molecule has 0 aliphatic heterocycles. The Morgan fingerprint density at radius 2 is 1.79 bits per heavy atom. The molecule has 0 aliphatic carbocycles. The first kappa shape index (κ1) is 18.9. The molecule has 0 saturated carbocycles. The van der Waals surface area contributed by atoms with Gasteiger partial charge < -0.3 is 5.32 Å². The molecule has 0 bridgehead atoms. The van der Waals surface area contributed by atoms with Crippen molar-refractivity contribution >= 4 is 33.1 Å². The molecule has 142 valence electrons. The molecule has 29 heavy (non-hydrogen) atoms. The number of thiophene rings is 1. The molecule has 0 unspecified atom stereocenters. The van der Waals surface area contributed by atoms with Gasteiger partial charge in [0.05, 0.1) is 22.3 Å². The number of nitriles is 1. The van der Waals surface area contributed by atoms with Gasteiger partial charge >= 0.3 is 0 Å². The summed E-state index contributed by atoms with van der Waals surface area (Å²) < 4.78 is 0. The summed E-state index contributed by atoms with van der Waals surface area (Å²) >= 11 is 1.43. The third kappa shape index (κ3) is 3.51. The molecule has 0 saturated heterocycles. The van der Waals surface area contributed by atoms with E-state index in [-0.39, 0.29) is 5.91 Å². The van der Waals surface area contributed by atoms with E-state index in [9.17, 15) is 10.1 Å². The second kappa shape index (κ2) is 7.50. The number of carbonyl (C=O) groups excluding carboxylic acids is 1. The minimum Gasteiger partial charge on any atom is -0.312 e. The Kier molecular flexibility index (Phi) is 4.87. The number of fused-ring (bicyclic) bond motifs is 1. The van der Waals surface area contributed by atoms with Crippen LogP contribution in [0.1, 0.15) is 31.9 Å². The zero-order chi connectivity index (χ0) is 20.5. The Morgan fingerprint density at radius 3 is 2.52 bits per heavy atom. The lowest BCUT2D eigenvalue weighted by atomic mass is 10.0. The lowest BCUT2D eigenvalue weighted by molar-refractivity contribution is 0.102. The van der Waals surface area contributed by atoms with Gasteiger partial charge in [0.1, 0.15) is 11.1 Å². The second-order valence-corrected chi connectivity index (χ2v) is 8.22. The van der Waals surface area contributed by atoms with Crippen molar-refractivity contribution in [3.63, 3.8) is 0 Å². The summed E-state index contributed by atoms with van der Waals surface area (Å²) in [5.41, 5.74) is 5.60. The number of aryl methyl sites for hydroxylation is 2. The van der Waals surface area contributed by atoms with Crippen molar-refractivity contribution in [2.45, 2.75) is 20.8 Å². The lowest BCUT2D eigenvalue weighted by Crippen LogP contribution is -2.13. The molecule has 0 aliphatic rings. The van der Waals surface area contributed by atoms with Crippen molar-refractivity contribution in [1.29, 1.82) is 5.26 Å². The first-order valence-corrected chi connectivity index (χ1v) is 10.1. The zero-order valence-electron chi connectivity index (χ0n) is 16.4. The molecule has 2 aromatic carbocycles. The molecular formula is C24H19N3OS. The fraction of sp³-hybridized carbons (Fsp3) is 0.125. The number of benzene rings is 2. The Bertz CT molecular complexity index is 1280. The summed E-state index contributed by atoms with van der Waals surface area (Å²) in [6.45, 7) is 5.89. The Balaban J connectivity index is 1.82. The third-order valence-electron chi connectivity index (χ3n) is 5.03. The largest absolute Gasteiger partial charge is 0.312 e. The van der Waals surface area contributed by atoms with Gasteiger partial charge in [0.15, 0.2) is 0 Å². The molecule has 2 aromatic heterocycles. The Hall–Kier alpha value is -3.49. The van der Waals surface area contributed by atoms with Gasteiger partial charge in [0, 0.05) is 15.8 Å². The van der Waals surface area contributed by atoms with E-state index in [2.05, 4.69) is 11.4 Å². The average molecular weight is 398 g/mol. The van der Waals surface area contributed by atoms with Crippen LogP contribution in [-0.4, -0.2) is 10.9 Å². The minimum absolute atomic E-state index is 0.241. The van der Waals surface area contributed by atoms with Crippen LogP contribution in [0.15, 0.2) is 54.6 Å².